The van der Waals surface area contributed by atoms with Crippen molar-refractivity contribution in [3.8, 4) is 11.3 Å². The fourth-order valence-electron chi connectivity index (χ4n) is 2.23. The van der Waals surface area contributed by atoms with Gasteiger partial charge in [0.1, 0.15) is 5.69 Å². The number of primary amides is 1. The van der Waals surface area contributed by atoms with E-state index in [2.05, 4.69) is 20.3 Å². The van der Waals surface area contributed by atoms with Gasteiger partial charge in [-0.2, -0.15) is 0 Å². The molecule has 3 aromatic rings. The van der Waals surface area contributed by atoms with Crippen molar-refractivity contribution in [1.82, 2.24) is 15.0 Å². The normalized spacial score (nSPS) is 10.3. The number of nitrogens with two attached hydrogens (primary N) is 1. The van der Waals surface area contributed by atoms with Crippen LogP contribution in [0.15, 0.2) is 55.0 Å². The number of hydrogen-bond donors (Lipinski definition) is 2. The van der Waals surface area contributed by atoms with E-state index in [-0.39, 0.29) is 11.6 Å². The van der Waals surface area contributed by atoms with Crippen molar-refractivity contribution in [2.75, 3.05) is 5.32 Å². The molecule has 2 aromatic heterocycles. The zero-order valence-electron chi connectivity index (χ0n) is 13.4. The number of amides is 2. The van der Waals surface area contributed by atoms with Crippen LogP contribution >= 0.6 is 0 Å². The molecule has 7 nitrogen and oxygen atoms in total. The summed E-state index contributed by atoms with van der Waals surface area (Å²) in [6, 6.07) is 9.93. The molecule has 2 heterocycles. The van der Waals surface area contributed by atoms with Crippen LogP contribution < -0.4 is 11.1 Å². The number of hydrogen-bond acceptors (Lipinski definition) is 5. The molecule has 1 aromatic carbocycles. The summed E-state index contributed by atoms with van der Waals surface area (Å²) in [5.74, 6) is -0.911. The molecule has 0 radical (unpaired) electrons. The number of anilines is 1. The highest BCUT2D eigenvalue weighted by Gasteiger charge is 2.14. The number of carbonyl (C=O) groups excluding carboxylic acids is 2. The smallest absolute Gasteiger partial charge is 0.276 e. The van der Waals surface area contributed by atoms with Crippen LogP contribution in [0.1, 0.15) is 26.5 Å². The van der Waals surface area contributed by atoms with Crippen molar-refractivity contribution in [1.29, 1.82) is 0 Å². The topological polar surface area (TPSA) is 111 Å². The lowest BCUT2D eigenvalue weighted by atomic mass is 10.2. The van der Waals surface area contributed by atoms with Crippen molar-refractivity contribution in [3.05, 3.63) is 71.9 Å². The summed E-state index contributed by atoms with van der Waals surface area (Å²) < 4.78 is 0. The molecule has 7 heteroatoms. The van der Waals surface area contributed by atoms with E-state index in [0.717, 1.165) is 5.56 Å². The maximum absolute atomic E-state index is 12.5. The maximum Gasteiger partial charge on any atom is 0.276 e. The number of nitrogens with zero attached hydrogens (tertiary/aromatic N) is 3. The van der Waals surface area contributed by atoms with E-state index in [1.54, 1.807) is 55.8 Å². The minimum Gasteiger partial charge on any atom is -0.366 e. The van der Waals surface area contributed by atoms with Crippen LogP contribution in [-0.4, -0.2) is 26.8 Å². The second-order valence-electron chi connectivity index (χ2n) is 5.33. The molecule has 25 heavy (non-hydrogen) atoms. The molecular formula is C18H15N5O2. The highest BCUT2D eigenvalue weighted by Crippen LogP contribution is 2.17. The molecule has 0 unspecified atom stereocenters. The lowest BCUT2D eigenvalue weighted by molar-refractivity contribution is 0.0997. The third-order valence-electron chi connectivity index (χ3n) is 3.56. The highest BCUT2D eigenvalue weighted by molar-refractivity contribution is 6.04. The van der Waals surface area contributed by atoms with Crippen molar-refractivity contribution < 1.29 is 9.59 Å². The van der Waals surface area contributed by atoms with Crippen LogP contribution in [0, 0.1) is 6.92 Å². The van der Waals surface area contributed by atoms with E-state index in [0.29, 0.717) is 22.6 Å². The van der Waals surface area contributed by atoms with Crippen molar-refractivity contribution in [2.45, 2.75) is 6.92 Å². The first-order chi connectivity index (χ1) is 12.0. The molecular weight excluding hydrogens is 318 g/mol. The number of aromatic nitrogens is 3. The molecule has 124 valence electrons. The van der Waals surface area contributed by atoms with Gasteiger partial charge in [0.15, 0.2) is 0 Å². The first-order valence-electron chi connectivity index (χ1n) is 7.50. The van der Waals surface area contributed by atoms with Gasteiger partial charge in [0.05, 0.1) is 17.6 Å². The number of rotatable bonds is 4. The van der Waals surface area contributed by atoms with Gasteiger partial charge in [-0.15, -0.1) is 0 Å². The quantitative estimate of drug-likeness (QED) is 0.760. The Morgan fingerprint density at radius 3 is 2.48 bits per heavy atom. The fourth-order valence-corrected chi connectivity index (χ4v) is 2.23. The van der Waals surface area contributed by atoms with Gasteiger partial charge in [-0.3, -0.25) is 19.6 Å². The van der Waals surface area contributed by atoms with Crippen LogP contribution in [-0.2, 0) is 0 Å². The van der Waals surface area contributed by atoms with E-state index in [1.165, 1.54) is 0 Å². The van der Waals surface area contributed by atoms with Crippen LogP contribution in [0.4, 0.5) is 5.69 Å². The third-order valence-corrected chi connectivity index (χ3v) is 3.56. The summed E-state index contributed by atoms with van der Waals surface area (Å²) in [6.45, 7) is 1.71. The van der Waals surface area contributed by atoms with Gasteiger partial charge >= 0.3 is 0 Å². The summed E-state index contributed by atoms with van der Waals surface area (Å²) >= 11 is 0. The van der Waals surface area contributed by atoms with Crippen LogP contribution in [0.5, 0.6) is 0 Å². The van der Waals surface area contributed by atoms with Gasteiger partial charge in [0.2, 0.25) is 5.91 Å². The molecule has 0 atom stereocenters. The Bertz CT molecular complexity index is 924. The van der Waals surface area contributed by atoms with Gasteiger partial charge in [-0.1, -0.05) is 0 Å². The number of benzene rings is 1. The molecule has 2 amide bonds. The Hall–Kier alpha value is -3.61. The van der Waals surface area contributed by atoms with Crippen LogP contribution in [0.3, 0.4) is 0 Å². The molecule has 0 fully saturated rings. The minimum atomic E-state index is -0.524. The second kappa shape index (κ2) is 6.88. The molecule has 3 rings (SSSR count). The van der Waals surface area contributed by atoms with E-state index in [4.69, 9.17) is 5.73 Å². The number of aryl methyl sites for hydroxylation is 1. The standard InChI is InChI=1S/C18H15N5O2/c1-11-16(23-15(10-21-11)13-3-2-8-20-9-13)18(25)22-14-6-4-12(5-7-14)17(19)24/h2-10H,1H3,(H2,19,24)(H,22,25). The third kappa shape index (κ3) is 3.66. The first kappa shape index (κ1) is 16.3. The van der Waals surface area contributed by atoms with Crippen molar-refractivity contribution in [2.24, 2.45) is 5.73 Å². The van der Waals surface area contributed by atoms with Gasteiger partial charge in [-0.25, -0.2) is 4.98 Å². The molecule has 0 aliphatic rings. The van der Waals surface area contributed by atoms with Crippen molar-refractivity contribution in [3.63, 3.8) is 0 Å². The summed E-state index contributed by atoms with van der Waals surface area (Å²) in [5, 5.41) is 2.73. The van der Waals surface area contributed by atoms with Crippen molar-refractivity contribution >= 4 is 17.5 Å². The minimum absolute atomic E-state index is 0.223. The van der Waals surface area contributed by atoms with Gasteiger partial charge in [0.25, 0.3) is 5.91 Å². The predicted molar refractivity (Wildman–Crippen MR) is 92.9 cm³/mol. The molecule has 0 bridgehead atoms. The Balaban J connectivity index is 1.85. The average Bonchev–Trinajstić information content (AvgIpc) is 2.63. The summed E-state index contributed by atoms with van der Waals surface area (Å²) in [6.07, 6.45) is 4.92. The molecule has 3 N–H and O–H groups in total. The SMILES string of the molecule is Cc1ncc(-c2cccnc2)nc1C(=O)Nc1ccc(C(N)=O)cc1. The predicted octanol–water partition coefficient (Wildman–Crippen LogP) is 2.20. The molecule has 0 saturated heterocycles. The lowest BCUT2D eigenvalue weighted by Crippen LogP contribution is -2.17. The maximum atomic E-state index is 12.5. The van der Waals surface area contributed by atoms with Gasteiger partial charge in [0, 0.05) is 29.2 Å². The average molecular weight is 333 g/mol. The van der Waals surface area contributed by atoms with E-state index in [1.807, 2.05) is 6.07 Å². The monoisotopic (exact) mass is 333 g/mol. The zero-order valence-corrected chi connectivity index (χ0v) is 13.4. The van der Waals surface area contributed by atoms with Gasteiger partial charge in [-0.05, 0) is 43.3 Å². The number of carbonyl (C=O) groups is 2. The zero-order chi connectivity index (χ0) is 17.8. The lowest BCUT2D eigenvalue weighted by Gasteiger charge is -2.09. The van der Waals surface area contributed by atoms with E-state index >= 15 is 0 Å². The summed E-state index contributed by atoms with van der Waals surface area (Å²) in [5.41, 5.74) is 8.17. The molecule has 0 aliphatic carbocycles. The summed E-state index contributed by atoms with van der Waals surface area (Å²) in [7, 11) is 0. The summed E-state index contributed by atoms with van der Waals surface area (Å²) in [4.78, 5) is 36.3. The Morgan fingerprint density at radius 1 is 1.08 bits per heavy atom. The van der Waals surface area contributed by atoms with Crippen LogP contribution in [0.2, 0.25) is 0 Å². The van der Waals surface area contributed by atoms with Gasteiger partial charge < -0.3 is 11.1 Å². The number of nitrogens with one attached hydrogen (secondary N) is 1. The molecule has 0 spiro atoms. The second-order valence-corrected chi connectivity index (χ2v) is 5.33. The fraction of sp³-hybridized carbons (Fsp3) is 0.0556. The first-order valence-corrected chi connectivity index (χ1v) is 7.50. The molecule has 0 saturated carbocycles. The van der Waals surface area contributed by atoms with Crippen LogP contribution in [0.25, 0.3) is 11.3 Å². The van der Waals surface area contributed by atoms with E-state index in [9.17, 15) is 9.59 Å². The Morgan fingerprint density at radius 2 is 1.84 bits per heavy atom. The Labute approximate surface area is 144 Å². The Kier molecular flexibility index (Phi) is 4.47. The largest absolute Gasteiger partial charge is 0.366 e. The highest BCUT2D eigenvalue weighted by atomic mass is 16.2. The molecule has 0 aliphatic heterocycles. The van der Waals surface area contributed by atoms with E-state index < -0.39 is 5.91 Å². The number of pyridine rings is 1.